The molecule has 1 aromatic heterocycles. The summed E-state index contributed by atoms with van der Waals surface area (Å²) in [5, 5.41) is 5.70. The monoisotopic (exact) mass is 348 g/mol. The van der Waals surface area contributed by atoms with E-state index < -0.39 is 5.54 Å². The van der Waals surface area contributed by atoms with Gasteiger partial charge in [0.05, 0.1) is 18.8 Å². The molecule has 2 fully saturated rings. The van der Waals surface area contributed by atoms with Crippen LogP contribution >= 0.6 is 0 Å². The lowest BCUT2D eigenvalue weighted by atomic mass is 9.98. The second kappa shape index (κ2) is 6.51. The Morgan fingerprint density at radius 2 is 2.16 bits per heavy atom. The third-order valence-corrected chi connectivity index (χ3v) is 4.77. The Kier molecular flexibility index (Phi) is 4.55. The van der Waals surface area contributed by atoms with Crippen LogP contribution in [0.25, 0.3) is 0 Å². The highest BCUT2D eigenvalue weighted by Crippen LogP contribution is 2.29. The van der Waals surface area contributed by atoms with E-state index >= 15 is 0 Å². The van der Waals surface area contributed by atoms with Gasteiger partial charge in [-0.2, -0.15) is 0 Å². The lowest BCUT2D eigenvalue weighted by Crippen LogP contribution is -2.50. The smallest absolute Gasteiger partial charge is 0.325 e. The second-order valence-corrected chi connectivity index (χ2v) is 7.05. The Balaban J connectivity index is 1.57. The van der Waals surface area contributed by atoms with Crippen molar-refractivity contribution in [1.82, 2.24) is 20.4 Å². The Morgan fingerprint density at radius 1 is 1.40 bits per heavy atom. The van der Waals surface area contributed by atoms with E-state index in [2.05, 4.69) is 10.6 Å². The quantitative estimate of drug-likeness (QED) is 0.770. The molecule has 0 saturated carbocycles. The van der Waals surface area contributed by atoms with Crippen LogP contribution in [-0.2, 0) is 9.59 Å². The fourth-order valence-electron chi connectivity index (χ4n) is 3.51. The van der Waals surface area contributed by atoms with Crippen molar-refractivity contribution in [3.8, 4) is 0 Å². The number of amides is 4. The summed E-state index contributed by atoms with van der Waals surface area (Å²) in [5.74, 6) is 0.356. The van der Waals surface area contributed by atoms with Crippen molar-refractivity contribution in [3.63, 3.8) is 0 Å². The van der Waals surface area contributed by atoms with E-state index in [0.717, 1.165) is 0 Å². The van der Waals surface area contributed by atoms with Crippen LogP contribution in [0, 0.1) is 0 Å². The highest BCUT2D eigenvalue weighted by Gasteiger charge is 2.55. The number of carbonyl (C=O) groups excluding carboxylic acids is 3. The zero-order chi connectivity index (χ0) is 18.2. The van der Waals surface area contributed by atoms with E-state index in [1.807, 2.05) is 31.7 Å². The first-order valence-electron chi connectivity index (χ1n) is 8.53. The van der Waals surface area contributed by atoms with Crippen LogP contribution in [0.3, 0.4) is 0 Å². The fraction of sp³-hybridized carbons (Fsp3) is 0.588. The van der Waals surface area contributed by atoms with E-state index in [-0.39, 0.29) is 36.5 Å². The number of imide groups is 1. The van der Waals surface area contributed by atoms with Crippen LogP contribution in [0.4, 0.5) is 4.79 Å². The Labute approximate surface area is 146 Å². The van der Waals surface area contributed by atoms with Gasteiger partial charge in [-0.1, -0.05) is 0 Å². The van der Waals surface area contributed by atoms with Crippen molar-refractivity contribution >= 4 is 17.8 Å². The van der Waals surface area contributed by atoms with Gasteiger partial charge in [0, 0.05) is 19.1 Å². The van der Waals surface area contributed by atoms with Crippen molar-refractivity contribution in [3.05, 3.63) is 24.2 Å². The summed E-state index contributed by atoms with van der Waals surface area (Å²) >= 11 is 0. The maximum atomic E-state index is 12.6. The summed E-state index contributed by atoms with van der Waals surface area (Å²) < 4.78 is 5.28. The summed E-state index contributed by atoms with van der Waals surface area (Å²) in [7, 11) is 0. The molecular weight excluding hydrogens is 324 g/mol. The molecule has 0 aromatic carbocycles. The van der Waals surface area contributed by atoms with E-state index in [1.165, 1.54) is 4.90 Å². The van der Waals surface area contributed by atoms with Gasteiger partial charge in [-0.15, -0.1) is 0 Å². The second-order valence-electron chi connectivity index (χ2n) is 7.05. The average Bonchev–Trinajstić information content (AvgIpc) is 3.21. The molecule has 1 aromatic rings. The normalized spacial score (nSPS) is 25.0. The van der Waals surface area contributed by atoms with Gasteiger partial charge in [-0.25, -0.2) is 4.79 Å². The first-order chi connectivity index (χ1) is 11.8. The molecule has 4 amide bonds. The molecule has 3 heterocycles. The molecule has 2 aliphatic heterocycles. The molecule has 0 radical (unpaired) electrons. The number of likely N-dealkylation sites (tertiary alicyclic amines) is 1. The number of carbonyl (C=O) groups is 3. The minimum atomic E-state index is -0.895. The largest absolute Gasteiger partial charge is 0.467 e. The van der Waals surface area contributed by atoms with Gasteiger partial charge >= 0.3 is 6.03 Å². The molecule has 1 spiro atoms. The first-order valence-corrected chi connectivity index (χ1v) is 8.53. The summed E-state index contributed by atoms with van der Waals surface area (Å²) in [5.41, 5.74) is -0.895. The number of furan rings is 1. The highest BCUT2D eigenvalue weighted by atomic mass is 16.3. The van der Waals surface area contributed by atoms with Crippen LogP contribution in [0.2, 0.25) is 0 Å². The van der Waals surface area contributed by atoms with Crippen molar-refractivity contribution in [2.24, 2.45) is 0 Å². The first kappa shape index (κ1) is 17.5. The molecule has 136 valence electrons. The fourth-order valence-corrected chi connectivity index (χ4v) is 3.51. The van der Waals surface area contributed by atoms with E-state index in [4.69, 9.17) is 4.42 Å². The lowest BCUT2D eigenvalue weighted by Gasteiger charge is -2.23. The molecule has 2 atom stereocenters. The Bertz CT molecular complexity index is 672. The molecule has 0 unspecified atom stereocenters. The molecule has 2 saturated heterocycles. The number of hydrogen-bond acceptors (Lipinski definition) is 5. The molecule has 2 aliphatic rings. The molecule has 2 N–H and O–H groups in total. The Hall–Kier alpha value is -2.35. The third kappa shape index (κ3) is 3.26. The van der Waals surface area contributed by atoms with Gasteiger partial charge in [-0.3, -0.25) is 19.4 Å². The Morgan fingerprint density at radius 3 is 2.76 bits per heavy atom. The summed E-state index contributed by atoms with van der Waals surface area (Å²) in [6.07, 6.45) is 2.08. The molecular formula is C17H24N4O4. The topological polar surface area (TPSA) is 94.9 Å². The number of rotatable bonds is 5. The van der Waals surface area contributed by atoms with Crippen molar-refractivity contribution in [1.29, 1.82) is 0 Å². The van der Waals surface area contributed by atoms with Crippen molar-refractivity contribution in [2.75, 3.05) is 19.6 Å². The predicted octanol–water partition coefficient (Wildman–Crippen LogP) is 0.862. The van der Waals surface area contributed by atoms with Gasteiger partial charge in [0.2, 0.25) is 5.91 Å². The summed E-state index contributed by atoms with van der Waals surface area (Å²) in [6.45, 7) is 6.59. The molecule has 8 nitrogen and oxygen atoms in total. The van der Waals surface area contributed by atoms with Gasteiger partial charge in [0.25, 0.3) is 5.91 Å². The van der Waals surface area contributed by atoms with E-state index in [1.54, 1.807) is 12.3 Å². The van der Waals surface area contributed by atoms with Gasteiger partial charge in [0.15, 0.2) is 0 Å². The average molecular weight is 348 g/mol. The van der Waals surface area contributed by atoms with Crippen LogP contribution in [0.5, 0.6) is 0 Å². The summed E-state index contributed by atoms with van der Waals surface area (Å²) in [4.78, 5) is 40.1. The summed E-state index contributed by atoms with van der Waals surface area (Å²) in [6, 6.07) is 2.83. The zero-order valence-electron chi connectivity index (χ0n) is 14.7. The third-order valence-electron chi connectivity index (χ3n) is 4.77. The molecule has 25 heavy (non-hydrogen) atoms. The molecule has 0 bridgehead atoms. The number of hydrogen-bond donors (Lipinski definition) is 2. The maximum Gasteiger partial charge on any atom is 0.325 e. The van der Waals surface area contributed by atoms with Gasteiger partial charge in [-0.05, 0) is 39.3 Å². The van der Waals surface area contributed by atoms with Crippen LogP contribution < -0.4 is 10.6 Å². The van der Waals surface area contributed by atoms with Crippen LogP contribution in [-0.4, -0.2) is 58.9 Å². The van der Waals surface area contributed by atoms with E-state index in [0.29, 0.717) is 25.3 Å². The van der Waals surface area contributed by atoms with Gasteiger partial charge in [0.1, 0.15) is 11.3 Å². The van der Waals surface area contributed by atoms with Crippen molar-refractivity contribution in [2.45, 2.75) is 44.8 Å². The molecule has 8 heteroatoms. The van der Waals surface area contributed by atoms with Crippen LogP contribution in [0.15, 0.2) is 22.8 Å². The molecule has 0 aliphatic carbocycles. The predicted molar refractivity (Wildman–Crippen MR) is 89.6 cm³/mol. The maximum absolute atomic E-state index is 12.6. The standard InChI is InChI=1S/C17H24N4O4/c1-11(2)21-15(23)17(19-16(21)24)6-7-20(10-17)9-14(22)18-12(3)13-5-4-8-25-13/h4-5,8,11-12H,6-7,9-10H2,1-3H3,(H,18,22)(H,19,24)/t12-,17+/m1/s1. The highest BCUT2D eigenvalue weighted by molar-refractivity contribution is 6.07. The van der Waals surface area contributed by atoms with Crippen LogP contribution in [0.1, 0.15) is 39.0 Å². The zero-order valence-corrected chi connectivity index (χ0v) is 14.7. The van der Waals surface area contributed by atoms with E-state index in [9.17, 15) is 14.4 Å². The lowest BCUT2D eigenvalue weighted by molar-refractivity contribution is -0.132. The number of urea groups is 1. The van der Waals surface area contributed by atoms with Crippen molar-refractivity contribution < 1.29 is 18.8 Å². The van der Waals surface area contributed by atoms with Gasteiger partial charge < -0.3 is 15.1 Å². The minimum absolute atomic E-state index is 0.140. The minimum Gasteiger partial charge on any atom is -0.467 e. The molecule has 3 rings (SSSR count). The SMILES string of the molecule is CC(C)N1C(=O)N[C@]2(CCN(CC(=O)N[C@H](C)c3ccco3)C2)C1=O. The number of nitrogens with one attached hydrogen (secondary N) is 2. The number of nitrogens with zero attached hydrogens (tertiary/aromatic N) is 2.